The van der Waals surface area contributed by atoms with Crippen molar-refractivity contribution in [2.45, 2.75) is 68.0 Å². The largest absolute Gasteiger partial charge is 0.501 e. The van der Waals surface area contributed by atoms with Crippen molar-refractivity contribution in [3.05, 3.63) is 156 Å². The number of aromatic nitrogens is 2. The van der Waals surface area contributed by atoms with Crippen LogP contribution in [0.5, 0.6) is 0 Å². The summed E-state index contributed by atoms with van der Waals surface area (Å²) >= 11 is 0. The van der Waals surface area contributed by atoms with Crippen molar-refractivity contribution in [2.24, 2.45) is 10.8 Å². The van der Waals surface area contributed by atoms with Gasteiger partial charge in [-0.25, -0.2) is 0 Å². The van der Waals surface area contributed by atoms with Crippen LogP contribution in [-0.2, 0) is 32.9 Å². The molecule has 283 valence electrons. The predicted molar refractivity (Wildman–Crippen MR) is 233 cm³/mol. The molecule has 0 amide bonds. The van der Waals surface area contributed by atoms with Crippen LogP contribution in [0, 0.1) is 36.7 Å². The van der Waals surface area contributed by atoms with Crippen molar-refractivity contribution >= 4 is 54.3 Å². The predicted octanol–water partition coefficient (Wildman–Crippen LogP) is 14.2. The van der Waals surface area contributed by atoms with Crippen LogP contribution in [-0.4, -0.2) is 9.97 Å². The van der Waals surface area contributed by atoms with Crippen LogP contribution in [0.3, 0.4) is 0 Å². The normalized spacial score (nSPS) is 15.5. The topological polar surface area (TPSA) is 38.9 Å². The zero-order valence-electron chi connectivity index (χ0n) is 42.2. The first-order valence-corrected chi connectivity index (χ1v) is 18.4. The van der Waals surface area contributed by atoms with Gasteiger partial charge in [0, 0.05) is 51.6 Å². The fourth-order valence-corrected chi connectivity index (χ4v) is 7.09. The maximum atomic E-state index is 8.77. The number of nitrogens with zero attached hydrogens (tertiary/aromatic N) is 2. The van der Waals surface area contributed by atoms with Crippen molar-refractivity contribution in [1.82, 2.24) is 9.97 Å². The van der Waals surface area contributed by atoms with Gasteiger partial charge in [-0.2, -0.15) is 0 Å². The molecular formula is C52H48IrN2O-2. The Hall–Kier alpha value is -5.15. The van der Waals surface area contributed by atoms with E-state index >= 15 is 0 Å². The minimum absolute atomic E-state index is 0. The first-order valence-electron chi connectivity index (χ1n) is 23.4. The van der Waals surface area contributed by atoms with Crippen molar-refractivity contribution in [3.63, 3.8) is 0 Å². The second-order valence-corrected chi connectivity index (χ2v) is 15.9. The molecule has 0 fully saturated rings. The molecule has 6 aromatic carbocycles. The molecule has 0 aliphatic rings. The van der Waals surface area contributed by atoms with Crippen molar-refractivity contribution in [2.75, 3.05) is 0 Å². The number of pyridine rings is 2. The molecule has 4 heteroatoms. The standard InChI is InChI=1S/C31H20NO.C21H28N.Ir/c1-18-14-29(32-17-19(18)2)25-13-7-12-24-28-15-26-22-10-5-3-8-20(22)21-9-4-6-11-23(21)27(26)16-30(28)33-31(24)25;1-20(2,3)13-17-12-19(16-10-8-7-9-11-16)22-15-18(17)14-21(4,5)6;/h3-12,14-17H,1-2H3;7-10,12,15H,13-14H2,1-6H3;/q2*-1;/i1D3,2D3;13D2,14D2;. The third-order valence-electron chi connectivity index (χ3n) is 9.36. The number of aryl methyl sites for hydroxylation is 2. The summed E-state index contributed by atoms with van der Waals surface area (Å²) in [5.74, 6) is 0. The molecule has 0 bridgehead atoms. The second kappa shape index (κ2) is 15.4. The number of rotatable bonds is 4. The first kappa shape index (κ1) is 28.3. The van der Waals surface area contributed by atoms with Gasteiger partial charge in [-0.3, -0.25) is 0 Å². The third-order valence-corrected chi connectivity index (χ3v) is 9.36. The van der Waals surface area contributed by atoms with Gasteiger partial charge in [0.15, 0.2) is 0 Å². The van der Waals surface area contributed by atoms with Gasteiger partial charge in [-0.05, 0) is 110 Å². The van der Waals surface area contributed by atoms with Gasteiger partial charge >= 0.3 is 0 Å². The quantitative estimate of drug-likeness (QED) is 0.130. The first-order chi connectivity index (χ1) is 30.3. The summed E-state index contributed by atoms with van der Waals surface area (Å²) in [6, 6.07) is 41.2. The van der Waals surface area contributed by atoms with Gasteiger partial charge in [-0.1, -0.05) is 119 Å². The van der Waals surface area contributed by atoms with E-state index in [1.165, 1.54) is 23.0 Å². The van der Waals surface area contributed by atoms with Gasteiger partial charge in [0.1, 0.15) is 5.58 Å². The van der Waals surface area contributed by atoms with Crippen LogP contribution in [0.25, 0.3) is 76.8 Å². The summed E-state index contributed by atoms with van der Waals surface area (Å²) in [5, 5.41) is 8.57. The zero-order chi connectivity index (χ0) is 47.1. The van der Waals surface area contributed by atoms with Gasteiger partial charge in [-0.15, -0.1) is 54.1 Å². The van der Waals surface area contributed by atoms with Crippen LogP contribution in [0.15, 0.2) is 126 Å². The van der Waals surface area contributed by atoms with Crippen LogP contribution in [0.4, 0.5) is 0 Å². The molecule has 9 rings (SSSR count). The zero-order valence-corrected chi connectivity index (χ0v) is 34.6. The van der Waals surface area contributed by atoms with Crippen molar-refractivity contribution in [1.29, 1.82) is 0 Å². The number of hydrogen-bond acceptors (Lipinski definition) is 3. The van der Waals surface area contributed by atoms with E-state index in [9.17, 15) is 0 Å². The molecule has 0 aliphatic carbocycles. The van der Waals surface area contributed by atoms with Gasteiger partial charge < -0.3 is 14.4 Å². The summed E-state index contributed by atoms with van der Waals surface area (Å²) in [7, 11) is 0. The Morgan fingerprint density at radius 3 is 1.80 bits per heavy atom. The van der Waals surface area contributed by atoms with Crippen LogP contribution >= 0.6 is 0 Å². The molecule has 3 nitrogen and oxygen atoms in total. The number of hydrogen-bond donors (Lipinski definition) is 0. The Labute approximate surface area is 358 Å². The van der Waals surface area contributed by atoms with Crippen LogP contribution in [0.1, 0.15) is 77.5 Å². The Morgan fingerprint density at radius 1 is 0.571 bits per heavy atom. The SMILES string of the molecule is [2H]C([2H])([2H])c1cnc(-c2[c-]ccc3c2oc2cc4c5ccccc5c5ccccc5c4cc23)cc1C([2H])([2H])[2H].[2H]C([2H])(c1cnc(-c2[c-]cccc2)cc1C([2H])([2H])C(C)(C)C)C(C)(C)C.[Ir]. The van der Waals surface area contributed by atoms with Crippen molar-refractivity contribution in [3.8, 4) is 22.5 Å². The molecule has 0 N–H and O–H groups in total. The van der Waals surface area contributed by atoms with E-state index in [2.05, 4.69) is 58.5 Å². The van der Waals surface area contributed by atoms with Gasteiger partial charge in [0.05, 0.1) is 5.58 Å². The Balaban J connectivity index is 0.000000211. The van der Waals surface area contributed by atoms with Crippen LogP contribution in [0.2, 0.25) is 0 Å². The fraction of sp³-hybridized carbons (Fsp3) is 0.231. The van der Waals surface area contributed by atoms with E-state index in [-0.39, 0.29) is 31.2 Å². The molecule has 56 heavy (non-hydrogen) atoms. The fourth-order valence-electron chi connectivity index (χ4n) is 7.09. The average Bonchev–Trinajstić information content (AvgIpc) is 3.62. The molecule has 9 aromatic rings. The van der Waals surface area contributed by atoms with E-state index in [1.807, 2.05) is 90.1 Å². The summed E-state index contributed by atoms with van der Waals surface area (Å²) < 4.78 is 88.4. The van der Waals surface area contributed by atoms with E-state index in [1.54, 1.807) is 18.2 Å². The molecule has 0 aliphatic heterocycles. The van der Waals surface area contributed by atoms with Gasteiger partial charge in [0.25, 0.3) is 0 Å². The maximum absolute atomic E-state index is 8.77. The number of benzene rings is 6. The number of fused-ring (bicyclic) bond motifs is 9. The summed E-state index contributed by atoms with van der Waals surface area (Å²) in [6.07, 6.45) is -0.827. The molecule has 3 heterocycles. The maximum Gasteiger partial charge on any atom is 0.121 e. The Morgan fingerprint density at radius 2 is 1.18 bits per heavy atom. The third kappa shape index (κ3) is 7.92. The molecule has 1 radical (unpaired) electrons. The average molecular weight is 919 g/mol. The van der Waals surface area contributed by atoms with Crippen molar-refractivity contribution < 1.29 is 38.2 Å². The Bertz CT molecular complexity index is 3270. The smallest absolute Gasteiger partial charge is 0.121 e. The molecule has 3 aromatic heterocycles. The second-order valence-electron chi connectivity index (χ2n) is 15.9. The van der Waals surface area contributed by atoms with Crippen LogP contribution < -0.4 is 0 Å². The number of furan rings is 1. The molecule has 0 atom stereocenters. The summed E-state index contributed by atoms with van der Waals surface area (Å²) in [4.78, 5) is 8.79. The molecule has 0 unspecified atom stereocenters. The molecule has 0 saturated heterocycles. The Kier molecular flexibility index (Phi) is 7.78. The van der Waals surface area contributed by atoms with E-state index in [0.29, 0.717) is 39.2 Å². The summed E-state index contributed by atoms with van der Waals surface area (Å²) in [5.41, 5.74) is 2.07. The molecule has 0 spiro atoms. The van der Waals surface area contributed by atoms with E-state index < -0.39 is 37.3 Å². The summed E-state index contributed by atoms with van der Waals surface area (Å²) in [6.45, 7) is 5.74. The molecule has 0 saturated carbocycles. The minimum atomic E-state index is -2.62. The van der Waals surface area contributed by atoms with Gasteiger partial charge in [0.2, 0.25) is 0 Å². The van der Waals surface area contributed by atoms with E-state index in [4.69, 9.17) is 18.1 Å². The molecular weight excluding hydrogens is 861 g/mol. The monoisotopic (exact) mass is 919 g/mol. The van der Waals surface area contributed by atoms with E-state index in [0.717, 1.165) is 44.1 Å². The minimum Gasteiger partial charge on any atom is -0.501 e.